The Kier molecular flexibility index (Phi) is 2.14. The van der Waals surface area contributed by atoms with Crippen molar-refractivity contribution in [1.82, 2.24) is 9.78 Å². The fraction of sp³-hybridized carbons (Fsp3) is 0.333. The zero-order chi connectivity index (χ0) is 10.1. The zero-order valence-electron chi connectivity index (χ0n) is 6.34. The molecule has 0 saturated carbocycles. The van der Waals surface area contributed by atoms with E-state index in [1.807, 2.05) is 0 Å². The highest BCUT2D eigenvalue weighted by atomic mass is 19.4. The first-order valence-electron chi connectivity index (χ1n) is 3.19. The van der Waals surface area contributed by atoms with Crippen LogP contribution in [0.15, 0.2) is 6.20 Å². The van der Waals surface area contributed by atoms with Crippen molar-refractivity contribution in [1.29, 1.82) is 0 Å². The minimum Gasteiger partial charge on any atom is -0.393 e. The standard InChI is InChI=1S/C6H5F3N4/c1-11-4-2-12-13(5(4)10)3-6(7,8)9/h2H,3,10H2. The summed E-state index contributed by atoms with van der Waals surface area (Å²) in [6.07, 6.45) is -3.37. The smallest absolute Gasteiger partial charge is 0.393 e. The quantitative estimate of drug-likeness (QED) is 0.683. The van der Waals surface area contributed by atoms with E-state index < -0.39 is 12.7 Å². The fourth-order valence-electron chi connectivity index (χ4n) is 0.767. The number of alkyl halides is 3. The summed E-state index contributed by atoms with van der Waals surface area (Å²) in [5.74, 6) is -0.257. The van der Waals surface area contributed by atoms with E-state index in [2.05, 4.69) is 9.94 Å². The maximum absolute atomic E-state index is 11.8. The maximum Gasteiger partial charge on any atom is 0.408 e. The van der Waals surface area contributed by atoms with Crippen LogP contribution >= 0.6 is 0 Å². The normalized spacial score (nSPS) is 11.2. The molecule has 0 bridgehead atoms. The van der Waals surface area contributed by atoms with Gasteiger partial charge in [0.15, 0.2) is 0 Å². The second-order valence-electron chi connectivity index (χ2n) is 2.30. The number of hydrogen-bond donors (Lipinski definition) is 1. The van der Waals surface area contributed by atoms with Crippen molar-refractivity contribution in [2.75, 3.05) is 5.73 Å². The molecule has 1 rings (SSSR count). The lowest BCUT2D eigenvalue weighted by atomic mass is 10.5. The summed E-state index contributed by atoms with van der Waals surface area (Å²) in [5, 5.41) is 3.33. The van der Waals surface area contributed by atoms with Crippen molar-refractivity contribution < 1.29 is 13.2 Å². The number of hydrogen-bond acceptors (Lipinski definition) is 2. The summed E-state index contributed by atoms with van der Waals surface area (Å²) in [7, 11) is 0. The number of nitrogens with two attached hydrogens (primary N) is 1. The summed E-state index contributed by atoms with van der Waals surface area (Å²) in [5.41, 5.74) is 5.14. The van der Waals surface area contributed by atoms with Crippen LogP contribution in [-0.2, 0) is 6.54 Å². The first kappa shape index (κ1) is 9.38. The highest BCUT2D eigenvalue weighted by Gasteiger charge is 2.29. The largest absolute Gasteiger partial charge is 0.408 e. The first-order valence-corrected chi connectivity index (χ1v) is 3.19. The molecular formula is C6H5F3N4. The Hall–Kier alpha value is -1.71. The Balaban J connectivity index is 2.93. The van der Waals surface area contributed by atoms with Crippen LogP contribution < -0.4 is 5.73 Å². The molecule has 0 aliphatic rings. The lowest BCUT2D eigenvalue weighted by Gasteiger charge is -2.07. The van der Waals surface area contributed by atoms with Gasteiger partial charge in [-0.25, -0.2) is 4.85 Å². The fourth-order valence-corrected chi connectivity index (χ4v) is 0.767. The molecule has 0 radical (unpaired) electrons. The molecule has 0 unspecified atom stereocenters. The second-order valence-corrected chi connectivity index (χ2v) is 2.30. The van der Waals surface area contributed by atoms with Gasteiger partial charge in [-0.05, 0) is 0 Å². The minimum atomic E-state index is -4.38. The molecule has 2 N–H and O–H groups in total. The van der Waals surface area contributed by atoms with E-state index in [0.717, 1.165) is 6.20 Å². The van der Waals surface area contributed by atoms with E-state index in [9.17, 15) is 13.2 Å². The van der Waals surface area contributed by atoms with Crippen LogP contribution in [0.3, 0.4) is 0 Å². The van der Waals surface area contributed by atoms with E-state index in [1.54, 1.807) is 0 Å². The van der Waals surface area contributed by atoms with E-state index >= 15 is 0 Å². The highest BCUT2D eigenvalue weighted by Crippen LogP contribution is 2.24. The number of nitrogens with zero attached hydrogens (tertiary/aromatic N) is 3. The summed E-state index contributed by atoms with van der Waals surface area (Å²) in [4.78, 5) is 2.90. The van der Waals surface area contributed by atoms with E-state index in [0.29, 0.717) is 4.68 Å². The van der Waals surface area contributed by atoms with Crippen LogP contribution in [-0.4, -0.2) is 16.0 Å². The Labute approximate surface area is 71.6 Å². The molecule has 0 fully saturated rings. The van der Waals surface area contributed by atoms with Crippen LogP contribution in [0, 0.1) is 6.57 Å². The molecule has 4 nitrogen and oxygen atoms in total. The second kappa shape index (κ2) is 2.97. The third kappa shape index (κ3) is 2.11. The van der Waals surface area contributed by atoms with Crippen molar-refractivity contribution in [3.63, 3.8) is 0 Å². The van der Waals surface area contributed by atoms with Crippen molar-refractivity contribution in [3.8, 4) is 0 Å². The van der Waals surface area contributed by atoms with Gasteiger partial charge < -0.3 is 5.73 Å². The summed E-state index contributed by atoms with van der Waals surface area (Å²) in [6.45, 7) is 5.27. The van der Waals surface area contributed by atoms with Gasteiger partial charge in [-0.3, -0.25) is 4.68 Å². The number of rotatable bonds is 1. The van der Waals surface area contributed by atoms with Gasteiger partial charge in [-0.2, -0.15) is 18.3 Å². The molecule has 1 aromatic rings. The van der Waals surface area contributed by atoms with Crippen molar-refractivity contribution in [3.05, 3.63) is 17.6 Å². The molecule has 7 heteroatoms. The molecule has 0 aromatic carbocycles. The highest BCUT2D eigenvalue weighted by molar-refractivity contribution is 5.61. The lowest BCUT2D eigenvalue weighted by molar-refractivity contribution is -0.142. The van der Waals surface area contributed by atoms with Crippen LogP contribution in [0.25, 0.3) is 4.85 Å². The number of anilines is 1. The summed E-state index contributed by atoms with van der Waals surface area (Å²) >= 11 is 0. The molecule has 0 saturated heterocycles. The van der Waals surface area contributed by atoms with Crippen LogP contribution in [0.1, 0.15) is 0 Å². The van der Waals surface area contributed by atoms with Crippen molar-refractivity contribution >= 4 is 11.5 Å². The molecular weight excluding hydrogens is 185 g/mol. The summed E-state index contributed by atoms with van der Waals surface area (Å²) in [6, 6.07) is 0. The molecule has 0 aliphatic carbocycles. The van der Waals surface area contributed by atoms with Gasteiger partial charge in [0.05, 0.1) is 12.8 Å². The molecule has 0 spiro atoms. The topological polar surface area (TPSA) is 48.2 Å². The van der Waals surface area contributed by atoms with Crippen LogP contribution in [0.5, 0.6) is 0 Å². The van der Waals surface area contributed by atoms with E-state index in [4.69, 9.17) is 12.3 Å². The van der Waals surface area contributed by atoms with Crippen LogP contribution in [0.4, 0.5) is 24.7 Å². The Morgan fingerprint density at radius 1 is 1.62 bits per heavy atom. The SMILES string of the molecule is [C-]#[N+]c1cnn(CC(F)(F)F)c1N. The molecule has 70 valence electrons. The average molecular weight is 190 g/mol. The maximum atomic E-state index is 11.8. The molecule has 13 heavy (non-hydrogen) atoms. The molecule has 1 aromatic heterocycles. The van der Waals surface area contributed by atoms with Crippen LogP contribution in [0.2, 0.25) is 0 Å². The molecule has 0 atom stereocenters. The van der Waals surface area contributed by atoms with Gasteiger partial charge in [-0.15, -0.1) is 0 Å². The number of aromatic nitrogens is 2. The predicted octanol–water partition coefficient (Wildman–Crippen LogP) is 1.58. The summed E-state index contributed by atoms with van der Waals surface area (Å²) < 4.78 is 36.1. The molecule has 0 aliphatic heterocycles. The zero-order valence-corrected chi connectivity index (χ0v) is 6.34. The van der Waals surface area contributed by atoms with Crippen molar-refractivity contribution in [2.24, 2.45) is 0 Å². The van der Waals surface area contributed by atoms with Gasteiger partial charge in [0.25, 0.3) is 0 Å². The monoisotopic (exact) mass is 190 g/mol. The lowest BCUT2D eigenvalue weighted by Crippen LogP contribution is -2.19. The number of halogens is 3. The Morgan fingerprint density at radius 2 is 2.23 bits per heavy atom. The Bertz CT molecular complexity index is 346. The van der Waals surface area contributed by atoms with Gasteiger partial charge >= 0.3 is 6.18 Å². The Morgan fingerprint density at radius 3 is 2.62 bits per heavy atom. The molecule has 0 amide bonds. The van der Waals surface area contributed by atoms with Gasteiger partial charge in [0, 0.05) is 0 Å². The number of nitrogen functional groups attached to an aromatic ring is 1. The van der Waals surface area contributed by atoms with Crippen molar-refractivity contribution in [2.45, 2.75) is 12.7 Å². The first-order chi connectivity index (χ1) is 5.94. The van der Waals surface area contributed by atoms with Gasteiger partial charge in [-0.1, -0.05) is 0 Å². The van der Waals surface area contributed by atoms with E-state index in [-0.39, 0.29) is 11.5 Å². The van der Waals surface area contributed by atoms with Gasteiger partial charge in [0.2, 0.25) is 5.69 Å². The molecule has 1 heterocycles. The van der Waals surface area contributed by atoms with Gasteiger partial charge in [0.1, 0.15) is 12.4 Å². The minimum absolute atomic E-state index is 0.0655. The predicted molar refractivity (Wildman–Crippen MR) is 39.0 cm³/mol. The third-order valence-corrected chi connectivity index (χ3v) is 1.31. The third-order valence-electron chi connectivity index (χ3n) is 1.31. The van der Waals surface area contributed by atoms with E-state index in [1.165, 1.54) is 0 Å². The average Bonchev–Trinajstić information content (AvgIpc) is 2.30.